The molecule has 0 bridgehead atoms. The van der Waals surface area contributed by atoms with E-state index in [1.54, 1.807) is 0 Å². The van der Waals surface area contributed by atoms with Crippen molar-refractivity contribution < 1.29 is 13.9 Å². The summed E-state index contributed by atoms with van der Waals surface area (Å²) in [5.74, 6) is 0.974. The number of nitrogens with one attached hydrogen (secondary N) is 1. The van der Waals surface area contributed by atoms with E-state index in [2.05, 4.69) is 24.1 Å². The number of para-hydroxylation sites is 1. The summed E-state index contributed by atoms with van der Waals surface area (Å²) in [6, 6.07) is 19.0. The second-order valence-corrected chi connectivity index (χ2v) is 7.05. The van der Waals surface area contributed by atoms with Crippen LogP contribution in [0.3, 0.4) is 0 Å². The number of hydrogen-bond acceptors (Lipinski definition) is 4. The van der Waals surface area contributed by atoms with Crippen molar-refractivity contribution in [3.63, 3.8) is 0 Å². The van der Waals surface area contributed by atoms with Crippen LogP contribution >= 0.6 is 0 Å². The zero-order valence-corrected chi connectivity index (χ0v) is 16.7. The molecule has 1 heterocycles. The predicted octanol–water partition coefficient (Wildman–Crippen LogP) is 5.44. The molecule has 0 aliphatic heterocycles. The number of hydrogen-bond donors (Lipinski definition) is 1. The molecule has 1 N–H and O–H groups in total. The molecule has 0 atom stereocenters. The lowest BCUT2D eigenvalue weighted by Gasteiger charge is -2.11. The largest absolute Gasteiger partial charge is 0.484 e. The first-order valence-electron chi connectivity index (χ1n) is 9.47. The molecule has 146 valence electrons. The van der Waals surface area contributed by atoms with E-state index in [0.29, 0.717) is 17.3 Å². The zero-order valence-electron chi connectivity index (χ0n) is 16.7. The van der Waals surface area contributed by atoms with Gasteiger partial charge in [0, 0.05) is 11.3 Å². The summed E-state index contributed by atoms with van der Waals surface area (Å²) in [6.45, 7) is 5.99. The molecule has 3 aromatic carbocycles. The van der Waals surface area contributed by atoms with E-state index in [-0.39, 0.29) is 12.5 Å². The van der Waals surface area contributed by atoms with Gasteiger partial charge in [0.2, 0.25) is 5.89 Å². The van der Waals surface area contributed by atoms with Gasteiger partial charge in [0.25, 0.3) is 5.91 Å². The van der Waals surface area contributed by atoms with Gasteiger partial charge in [0.05, 0.1) is 0 Å². The molecule has 0 aliphatic rings. The third kappa shape index (κ3) is 3.99. The van der Waals surface area contributed by atoms with Crippen molar-refractivity contribution in [2.75, 3.05) is 11.9 Å². The number of rotatable bonds is 5. The number of oxazole rings is 1. The predicted molar refractivity (Wildman–Crippen MR) is 114 cm³/mol. The number of carbonyl (C=O) groups is 1. The van der Waals surface area contributed by atoms with Gasteiger partial charge in [0.1, 0.15) is 11.3 Å². The van der Waals surface area contributed by atoms with Crippen molar-refractivity contribution in [1.29, 1.82) is 0 Å². The fraction of sp³-hybridized carbons (Fsp3) is 0.167. The lowest BCUT2D eigenvalue weighted by molar-refractivity contribution is -0.118. The smallest absolute Gasteiger partial charge is 0.262 e. The molecule has 0 spiro atoms. The summed E-state index contributed by atoms with van der Waals surface area (Å²) in [6.07, 6.45) is 0. The van der Waals surface area contributed by atoms with E-state index in [1.165, 1.54) is 5.56 Å². The maximum absolute atomic E-state index is 12.3. The Labute approximate surface area is 169 Å². The van der Waals surface area contributed by atoms with Crippen LogP contribution in [0, 0.1) is 20.8 Å². The first-order valence-corrected chi connectivity index (χ1v) is 9.47. The van der Waals surface area contributed by atoms with Crippen molar-refractivity contribution in [2.24, 2.45) is 0 Å². The van der Waals surface area contributed by atoms with E-state index in [4.69, 9.17) is 9.15 Å². The standard InChI is InChI=1S/C24H22N2O3/c1-15-12-21-22(13-16(15)2)29-24(26-21)19-10-7-11-20(17(19)3)25-23(27)14-28-18-8-5-4-6-9-18/h4-13H,14H2,1-3H3,(H,25,27). The number of nitrogens with zero attached hydrogens (tertiary/aromatic N) is 1. The molecule has 0 radical (unpaired) electrons. The average Bonchev–Trinajstić information content (AvgIpc) is 3.11. The van der Waals surface area contributed by atoms with Crippen molar-refractivity contribution in [1.82, 2.24) is 4.98 Å². The molecule has 0 saturated carbocycles. The second-order valence-electron chi connectivity index (χ2n) is 7.05. The Kier molecular flexibility index (Phi) is 5.04. The number of carbonyl (C=O) groups excluding carboxylic acids is 1. The molecule has 5 nitrogen and oxygen atoms in total. The van der Waals surface area contributed by atoms with Crippen LogP contribution in [-0.2, 0) is 4.79 Å². The van der Waals surface area contributed by atoms with Crippen LogP contribution in [-0.4, -0.2) is 17.5 Å². The van der Waals surface area contributed by atoms with E-state index in [0.717, 1.165) is 27.8 Å². The van der Waals surface area contributed by atoms with Gasteiger partial charge in [-0.05, 0) is 73.9 Å². The molecule has 0 saturated heterocycles. The Hall–Kier alpha value is -3.60. The highest BCUT2D eigenvalue weighted by atomic mass is 16.5. The van der Waals surface area contributed by atoms with Crippen LogP contribution in [0.4, 0.5) is 5.69 Å². The molecule has 4 rings (SSSR count). The van der Waals surface area contributed by atoms with Crippen LogP contribution in [0.15, 0.2) is 65.1 Å². The molecule has 0 unspecified atom stereocenters. The number of anilines is 1. The summed E-state index contributed by atoms with van der Waals surface area (Å²) < 4.78 is 11.5. The molecule has 1 amide bonds. The van der Waals surface area contributed by atoms with Crippen molar-refractivity contribution in [3.05, 3.63) is 77.4 Å². The SMILES string of the molecule is Cc1cc2nc(-c3cccc(NC(=O)COc4ccccc4)c3C)oc2cc1C. The minimum Gasteiger partial charge on any atom is -0.484 e. The van der Waals surface area contributed by atoms with Gasteiger partial charge in [-0.1, -0.05) is 24.3 Å². The average molecular weight is 386 g/mol. The Morgan fingerprint density at radius 3 is 2.55 bits per heavy atom. The van der Waals surface area contributed by atoms with Gasteiger partial charge in [-0.2, -0.15) is 0 Å². The van der Waals surface area contributed by atoms with Crippen molar-refractivity contribution in [3.8, 4) is 17.2 Å². The highest BCUT2D eigenvalue weighted by molar-refractivity contribution is 5.93. The van der Waals surface area contributed by atoms with Gasteiger partial charge < -0.3 is 14.5 Å². The third-order valence-electron chi connectivity index (χ3n) is 4.96. The monoisotopic (exact) mass is 386 g/mol. The zero-order chi connectivity index (χ0) is 20.4. The number of aryl methyl sites for hydroxylation is 2. The van der Waals surface area contributed by atoms with Crippen molar-refractivity contribution in [2.45, 2.75) is 20.8 Å². The highest BCUT2D eigenvalue weighted by Gasteiger charge is 2.15. The Morgan fingerprint density at radius 2 is 1.76 bits per heavy atom. The Balaban J connectivity index is 1.55. The van der Waals surface area contributed by atoms with Gasteiger partial charge in [0.15, 0.2) is 12.2 Å². The number of fused-ring (bicyclic) bond motifs is 1. The quantitative estimate of drug-likeness (QED) is 0.496. The number of ether oxygens (including phenoxy) is 1. The van der Waals surface area contributed by atoms with E-state index in [1.807, 2.05) is 67.6 Å². The summed E-state index contributed by atoms with van der Waals surface area (Å²) in [7, 11) is 0. The van der Waals surface area contributed by atoms with Gasteiger partial charge in [-0.15, -0.1) is 0 Å². The fourth-order valence-electron chi connectivity index (χ4n) is 3.15. The lowest BCUT2D eigenvalue weighted by atomic mass is 10.1. The number of benzene rings is 3. The van der Waals surface area contributed by atoms with Gasteiger partial charge in [-0.3, -0.25) is 4.79 Å². The second kappa shape index (κ2) is 7.80. The van der Waals surface area contributed by atoms with Crippen LogP contribution in [0.5, 0.6) is 5.75 Å². The maximum Gasteiger partial charge on any atom is 0.262 e. The third-order valence-corrected chi connectivity index (χ3v) is 4.96. The van der Waals surface area contributed by atoms with E-state index in [9.17, 15) is 4.79 Å². The topological polar surface area (TPSA) is 64.4 Å². The van der Waals surface area contributed by atoms with Crippen LogP contribution in [0.2, 0.25) is 0 Å². The molecule has 29 heavy (non-hydrogen) atoms. The minimum atomic E-state index is -0.224. The van der Waals surface area contributed by atoms with E-state index >= 15 is 0 Å². The van der Waals surface area contributed by atoms with E-state index < -0.39 is 0 Å². The maximum atomic E-state index is 12.3. The highest BCUT2D eigenvalue weighted by Crippen LogP contribution is 2.31. The molecule has 5 heteroatoms. The van der Waals surface area contributed by atoms with Gasteiger partial charge >= 0.3 is 0 Å². The first kappa shape index (κ1) is 18.7. The number of aromatic nitrogens is 1. The summed E-state index contributed by atoms with van der Waals surface area (Å²) in [4.78, 5) is 17.0. The summed E-state index contributed by atoms with van der Waals surface area (Å²) in [5, 5.41) is 2.91. The molecular formula is C24H22N2O3. The lowest BCUT2D eigenvalue weighted by Crippen LogP contribution is -2.20. The van der Waals surface area contributed by atoms with Crippen molar-refractivity contribution >= 4 is 22.7 Å². The van der Waals surface area contributed by atoms with Crippen LogP contribution in [0.25, 0.3) is 22.6 Å². The molecule has 4 aromatic rings. The normalized spacial score (nSPS) is 10.9. The Morgan fingerprint density at radius 1 is 1.00 bits per heavy atom. The molecule has 1 aromatic heterocycles. The van der Waals surface area contributed by atoms with Crippen LogP contribution < -0.4 is 10.1 Å². The summed E-state index contributed by atoms with van der Waals surface area (Å²) >= 11 is 0. The first-order chi connectivity index (χ1) is 14.0. The molecule has 0 fully saturated rings. The molecule has 0 aliphatic carbocycles. The fourth-order valence-corrected chi connectivity index (χ4v) is 3.15. The Bertz CT molecular complexity index is 1140. The minimum absolute atomic E-state index is 0.0604. The summed E-state index contributed by atoms with van der Waals surface area (Å²) in [5.41, 5.74) is 6.36. The molecular weight excluding hydrogens is 364 g/mol. The van der Waals surface area contributed by atoms with Crippen LogP contribution in [0.1, 0.15) is 16.7 Å². The van der Waals surface area contributed by atoms with Gasteiger partial charge in [-0.25, -0.2) is 4.98 Å². The number of amides is 1.